The van der Waals surface area contributed by atoms with Gasteiger partial charge in [0.25, 0.3) is 5.95 Å². The molecule has 2 aromatic heterocycles. The minimum atomic E-state index is -4.36. The number of anilines is 1. The lowest BCUT2D eigenvalue weighted by Crippen LogP contribution is -2.36. The van der Waals surface area contributed by atoms with E-state index in [1.165, 1.54) is 10.9 Å². The van der Waals surface area contributed by atoms with Crippen molar-refractivity contribution in [2.45, 2.75) is 19.5 Å². The minimum absolute atomic E-state index is 0.0678. The van der Waals surface area contributed by atoms with E-state index in [1.54, 1.807) is 19.2 Å². The Morgan fingerprint density at radius 3 is 2.62 bits per heavy atom. The summed E-state index contributed by atoms with van der Waals surface area (Å²) in [4.78, 5) is 12.6. The van der Waals surface area contributed by atoms with Gasteiger partial charge in [-0.25, -0.2) is 4.68 Å². The molecule has 0 amide bonds. The molecule has 0 aliphatic carbocycles. The molecule has 10 heteroatoms. The second-order valence-electron chi connectivity index (χ2n) is 4.19. The zero-order chi connectivity index (χ0) is 15.5. The molecule has 6 nitrogen and oxygen atoms in total. The Bertz CT molecular complexity index is 586. The highest BCUT2D eigenvalue weighted by Gasteiger charge is 2.32. The van der Waals surface area contributed by atoms with Gasteiger partial charge < -0.3 is 4.90 Å². The van der Waals surface area contributed by atoms with Gasteiger partial charge in [-0.15, -0.1) is 0 Å². The fraction of sp³-hybridized carbons (Fsp3) is 0.455. The molecular formula is C11H12ClF3N6. The summed E-state index contributed by atoms with van der Waals surface area (Å²) in [5, 5.41) is 3.73. The highest BCUT2D eigenvalue weighted by atomic mass is 35.5. The Labute approximate surface area is 123 Å². The summed E-state index contributed by atoms with van der Waals surface area (Å²) in [6, 6.07) is 1.64. The number of halogens is 4. The van der Waals surface area contributed by atoms with Gasteiger partial charge in [-0.1, -0.05) is 6.92 Å². The number of aromatic nitrogens is 5. The third-order valence-electron chi connectivity index (χ3n) is 2.44. The van der Waals surface area contributed by atoms with E-state index in [4.69, 9.17) is 11.6 Å². The van der Waals surface area contributed by atoms with Crippen LogP contribution in [0.25, 0.3) is 5.95 Å². The number of rotatable bonds is 5. The summed E-state index contributed by atoms with van der Waals surface area (Å²) >= 11 is 5.77. The summed E-state index contributed by atoms with van der Waals surface area (Å²) in [7, 11) is 0. The van der Waals surface area contributed by atoms with Crippen molar-refractivity contribution < 1.29 is 13.2 Å². The summed E-state index contributed by atoms with van der Waals surface area (Å²) in [6.45, 7) is 0.763. The fourth-order valence-corrected chi connectivity index (χ4v) is 1.85. The van der Waals surface area contributed by atoms with Crippen molar-refractivity contribution in [1.29, 1.82) is 0 Å². The predicted molar refractivity (Wildman–Crippen MR) is 70.5 cm³/mol. The van der Waals surface area contributed by atoms with E-state index in [-0.39, 0.29) is 23.7 Å². The normalized spacial score (nSPS) is 11.7. The third-order valence-corrected chi connectivity index (χ3v) is 2.61. The molecule has 0 N–H and O–H groups in total. The van der Waals surface area contributed by atoms with Crippen LogP contribution in [0.15, 0.2) is 18.5 Å². The Kier molecular flexibility index (Phi) is 4.61. The monoisotopic (exact) mass is 320 g/mol. The third kappa shape index (κ3) is 4.28. The van der Waals surface area contributed by atoms with Crippen LogP contribution >= 0.6 is 11.6 Å². The van der Waals surface area contributed by atoms with Gasteiger partial charge in [0.1, 0.15) is 6.54 Å². The Morgan fingerprint density at radius 2 is 2.05 bits per heavy atom. The van der Waals surface area contributed by atoms with Gasteiger partial charge in [0.2, 0.25) is 11.2 Å². The van der Waals surface area contributed by atoms with Crippen LogP contribution in [0.2, 0.25) is 5.28 Å². The molecule has 0 radical (unpaired) electrons. The Balaban J connectivity index is 2.36. The van der Waals surface area contributed by atoms with Gasteiger partial charge in [-0.2, -0.15) is 33.2 Å². The van der Waals surface area contributed by atoms with Crippen LogP contribution in [-0.2, 0) is 0 Å². The van der Waals surface area contributed by atoms with E-state index in [1.807, 2.05) is 0 Å². The smallest absolute Gasteiger partial charge is 0.332 e. The van der Waals surface area contributed by atoms with Gasteiger partial charge in [-0.3, -0.25) is 0 Å². The van der Waals surface area contributed by atoms with Crippen molar-refractivity contribution >= 4 is 17.5 Å². The SMILES string of the molecule is CCCN(CC(F)(F)F)c1nc(Cl)nc(-n2cccn2)n1. The van der Waals surface area contributed by atoms with Crippen LogP contribution in [0.4, 0.5) is 19.1 Å². The van der Waals surface area contributed by atoms with E-state index in [0.717, 1.165) is 4.90 Å². The molecule has 2 rings (SSSR count). The lowest BCUT2D eigenvalue weighted by molar-refractivity contribution is -0.119. The molecule has 0 saturated heterocycles. The summed E-state index contributed by atoms with van der Waals surface area (Å²) in [5.74, 6) is -0.0575. The lowest BCUT2D eigenvalue weighted by atomic mass is 10.4. The second-order valence-corrected chi connectivity index (χ2v) is 4.53. The molecule has 0 spiro atoms. The van der Waals surface area contributed by atoms with Crippen molar-refractivity contribution in [2.75, 3.05) is 18.0 Å². The zero-order valence-electron chi connectivity index (χ0n) is 11.0. The average molecular weight is 321 g/mol. The van der Waals surface area contributed by atoms with Crippen molar-refractivity contribution in [3.8, 4) is 5.95 Å². The van der Waals surface area contributed by atoms with Crippen LogP contribution < -0.4 is 4.90 Å². The van der Waals surface area contributed by atoms with Crippen molar-refractivity contribution in [1.82, 2.24) is 24.7 Å². The number of alkyl halides is 3. The maximum Gasteiger partial charge on any atom is 0.406 e. The first-order valence-electron chi connectivity index (χ1n) is 6.12. The molecular weight excluding hydrogens is 309 g/mol. The van der Waals surface area contributed by atoms with Crippen LogP contribution in [-0.4, -0.2) is 44.0 Å². The minimum Gasteiger partial charge on any atom is -0.332 e. The highest BCUT2D eigenvalue weighted by Crippen LogP contribution is 2.21. The first-order valence-corrected chi connectivity index (χ1v) is 6.50. The predicted octanol–water partition coefficient (Wildman–Crippen LogP) is 2.49. The molecule has 2 heterocycles. The van der Waals surface area contributed by atoms with E-state index in [2.05, 4.69) is 20.1 Å². The fourth-order valence-electron chi connectivity index (χ4n) is 1.70. The van der Waals surface area contributed by atoms with Gasteiger partial charge >= 0.3 is 6.18 Å². The van der Waals surface area contributed by atoms with Crippen molar-refractivity contribution in [3.63, 3.8) is 0 Å². The molecule has 0 fully saturated rings. The zero-order valence-corrected chi connectivity index (χ0v) is 11.8. The van der Waals surface area contributed by atoms with Crippen LogP contribution in [0.3, 0.4) is 0 Å². The first-order chi connectivity index (χ1) is 9.89. The summed E-state index contributed by atoms with van der Waals surface area (Å²) < 4.78 is 39.2. The van der Waals surface area contributed by atoms with Crippen LogP contribution in [0, 0.1) is 0 Å². The average Bonchev–Trinajstić information content (AvgIpc) is 2.90. The number of hydrogen-bond donors (Lipinski definition) is 0. The molecule has 2 aromatic rings. The Morgan fingerprint density at radius 1 is 1.29 bits per heavy atom. The molecule has 0 aliphatic rings. The quantitative estimate of drug-likeness (QED) is 0.847. The van der Waals surface area contributed by atoms with Crippen molar-refractivity contribution in [2.24, 2.45) is 0 Å². The van der Waals surface area contributed by atoms with Gasteiger partial charge in [0, 0.05) is 18.9 Å². The topological polar surface area (TPSA) is 59.7 Å². The molecule has 0 atom stereocenters. The maximum atomic E-state index is 12.6. The lowest BCUT2D eigenvalue weighted by Gasteiger charge is -2.23. The van der Waals surface area contributed by atoms with Crippen LogP contribution in [0.5, 0.6) is 0 Å². The molecule has 0 aromatic carbocycles. The largest absolute Gasteiger partial charge is 0.406 e. The Hall–Kier alpha value is -1.90. The molecule has 21 heavy (non-hydrogen) atoms. The standard InChI is InChI=1S/C11H12ClF3N6/c1-2-5-20(7-11(13,14)15)9-17-8(12)18-10(19-9)21-6-3-4-16-21/h3-4,6H,2,5,7H2,1H3. The summed E-state index contributed by atoms with van der Waals surface area (Å²) in [6.07, 6.45) is -0.795. The van der Waals surface area contributed by atoms with E-state index < -0.39 is 12.7 Å². The number of nitrogens with zero attached hydrogens (tertiary/aromatic N) is 6. The van der Waals surface area contributed by atoms with Crippen molar-refractivity contribution in [3.05, 3.63) is 23.7 Å². The second kappa shape index (κ2) is 6.25. The number of hydrogen-bond acceptors (Lipinski definition) is 5. The highest BCUT2D eigenvalue weighted by molar-refractivity contribution is 6.28. The van der Waals surface area contributed by atoms with E-state index in [0.29, 0.717) is 6.42 Å². The molecule has 0 bridgehead atoms. The molecule has 0 saturated carbocycles. The molecule has 0 aliphatic heterocycles. The maximum absolute atomic E-state index is 12.6. The van der Waals surface area contributed by atoms with Gasteiger partial charge in [0.05, 0.1) is 0 Å². The van der Waals surface area contributed by atoms with E-state index >= 15 is 0 Å². The summed E-state index contributed by atoms with van der Waals surface area (Å²) in [5.41, 5.74) is 0. The van der Waals surface area contributed by atoms with Crippen LogP contribution in [0.1, 0.15) is 13.3 Å². The van der Waals surface area contributed by atoms with Gasteiger partial charge in [0.15, 0.2) is 0 Å². The first kappa shape index (κ1) is 15.5. The van der Waals surface area contributed by atoms with E-state index in [9.17, 15) is 13.2 Å². The molecule has 114 valence electrons. The molecule has 0 unspecified atom stereocenters. The van der Waals surface area contributed by atoms with Gasteiger partial charge in [-0.05, 0) is 24.1 Å².